The van der Waals surface area contributed by atoms with Crippen LogP contribution in [0.3, 0.4) is 0 Å². The minimum atomic E-state index is -5.25. The number of rotatable bonds is 0. The zero-order valence-electron chi connectivity index (χ0n) is 29.0. The van der Waals surface area contributed by atoms with Crippen molar-refractivity contribution in [2.45, 2.75) is 40.0 Å². The van der Waals surface area contributed by atoms with Gasteiger partial charge in [0.15, 0.2) is 0 Å². The van der Waals surface area contributed by atoms with Crippen LogP contribution in [0.25, 0.3) is 0 Å². The molecule has 20 heteroatoms. The van der Waals surface area contributed by atoms with E-state index in [0.29, 0.717) is 9.80 Å². The van der Waals surface area contributed by atoms with Gasteiger partial charge in [-0.15, -0.1) is 0 Å². The molecule has 0 aromatic carbocycles. The Morgan fingerprint density at radius 2 is 0.480 bits per heavy atom. The molecule has 3 heterocycles. The Morgan fingerprint density at radius 1 is 0.320 bits per heavy atom. The van der Waals surface area contributed by atoms with Gasteiger partial charge in [0.05, 0.1) is 0 Å². The SMILES string of the molecule is CC(=O)N1CCN2CCN(C(C)=O)CCN(C(=O)C(F)(F)F)CCN(CCN(C(C)=O)CC1)CCN(C(=O)C(F)(F)F)CCN(C(C)=O)CC2. The first-order valence-corrected chi connectivity index (χ1v) is 16.4. The summed E-state index contributed by atoms with van der Waals surface area (Å²) < 4.78 is 82.0. The molecule has 0 unspecified atom stereocenters. The van der Waals surface area contributed by atoms with Crippen LogP contribution in [0.4, 0.5) is 26.3 Å². The molecular formula is C30H48F6N8O6. The highest BCUT2D eigenvalue weighted by atomic mass is 19.4. The Labute approximate surface area is 287 Å². The molecule has 3 rings (SSSR count). The number of carbonyl (C=O) groups excluding carboxylic acids is 6. The predicted octanol–water partition coefficient (Wildman–Crippen LogP) is -0.207. The standard InChI is InChI=1S/C30H48F6N8O6/c1-23(45)39-11-5-37-6-13-41(25(3)47)19-21-43(27(49)29(31,32)33)15-9-38(8-12-40(18-17-39)24(2)46)10-16-44(28(50)30(34,35)36)22-20-42(14-7-37)26(4)48/h5-22H2,1-4H3. The van der Waals surface area contributed by atoms with Crippen LogP contribution in [-0.4, -0.2) is 205 Å². The fraction of sp³-hybridized carbons (Fsp3) is 0.800. The normalized spacial score (nSPS) is 22.2. The molecule has 14 nitrogen and oxygen atoms in total. The second-order valence-corrected chi connectivity index (χ2v) is 12.3. The maximum Gasteiger partial charge on any atom is 0.471 e. The molecule has 0 aliphatic carbocycles. The average Bonchev–Trinajstić information content (AvgIpc) is 3.00. The average molecular weight is 731 g/mol. The Morgan fingerprint density at radius 3 is 0.660 bits per heavy atom. The number of hydrogen-bond acceptors (Lipinski definition) is 8. The molecule has 286 valence electrons. The quantitative estimate of drug-likeness (QED) is 0.314. The summed E-state index contributed by atoms with van der Waals surface area (Å²) in [5.74, 6) is -5.86. The molecule has 3 aliphatic heterocycles. The van der Waals surface area contributed by atoms with Crippen LogP contribution < -0.4 is 0 Å². The lowest BCUT2D eigenvalue weighted by Crippen LogP contribution is -2.53. The molecule has 0 atom stereocenters. The molecule has 6 amide bonds. The summed E-state index contributed by atoms with van der Waals surface area (Å²) in [7, 11) is 0. The number of carbonyl (C=O) groups is 6. The summed E-state index contributed by atoms with van der Waals surface area (Å²) in [6.45, 7) is 2.82. The van der Waals surface area contributed by atoms with Gasteiger partial charge in [-0.3, -0.25) is 38.6 Å². The first-order chi connectivity index (χ1) is 23.2. The first-order valence-electron chi connectivity index (χ1n) is 16.4. The maximum absolute atomic E-state index is 13.7. The molecule has 0 N–H and O–H groups in total. The Bertz CT molecular complexity index is 1140. The van der Waals surface area contributed by atoms with Gasteiger partial charge in [0.2, 0.25) is 23.6 Å². The summed E-state index contributed by atoms with van der Waals surface area (Å²) in [6, 6.07) is 0. The topological polar surface area (TPSA) is 128 Å². The number of halogens is 6. The van der Waals surface area contributed by atoms with E-state index >= 15 is 0 Å². The summed E-state index contributed by atoms with van der Waals surface area (Å²) in [6.07, 6.45) is -10.5. The molecule has 0 spiro atoms. The van der Waals surface area contributed by atoms with Gasteiger partial charge < -0.3 is 29.4 Å². The molecular weight excluding hydrogens is 682 g/mol. The molecule has 0 saturated carbocycles. The third-order valence-corrected chi connectivity index (χ3v) is 8.88. The predicted molar refractivity (Wildman–Crippen MR) is 167 cm³/mol. The van der Waals surface area contributed by atoms with Crippen molar-refractivity contribution in [3.05, 3.63) is 0 Å². The van der Waals surface area contributed by atoms with Gasteiger partial charge in [-0.1, -0.05) is 0 Å². The molecule has 0 aromatic rings. The minimum Gasteiger partial charge on any atom is -0.340 e. The number of fused-ring (bicyclic) bond motifs is 21. The van der Waals surface area contributed by atoms with Crippen molar-refractivity contribution in [2.24, 2.45) is 0 Å². The third-order valence-electron chi connectivity index (χ3n) is 8.88. The summed E-state index contributed by atoms with van der Waals surface area (Å²) >= 11 is 0. The fourth-order valence-electron chi connectivity index (χ4n) is 5.66. The van der Waals surface area contributed by atoms with Crippen molar-refractivity contribution in [1.29, 1.82) is 0 Å². The molecule has 2 bridgehead atoms. The zero-order valence-corrected chi connectivity index (χ0v) is 29.0. The monoisotopic (exact) mass is 730 g/mol. The van der Waals surface area contributed by atoms with Crippen molar-refractivity contribution < 1.29 is 55.1 Å². The second-order valence-electron chi connectivity index (χ2n) is 12.3. The highest BCUT2D eigenvalue weighted by molar-refractivity contribution is 5.82. The number of nitrogens with zero attached hydrogens (tertiary/aromatic N) is 8. The van der Waals surface area contributed by atoms with Crippen molar-refractivity contribution >= 4 is 35.4 Å². The summed E-state index contributed by atoms with van der Waals surface area (Å²) in [5, 5.41) is 0. The largest absolute Gasteiger partial charge is 0.471 e. The van der Waals surface area contributed by atoms with Crippen molar-refractivity contribution in [1.82, 2.24) is 39.2 Å². The van der Waals surface area contributed by atoms with E-state index in [2.05, 4.69) is 0 Å². The van der Waals surface area contributed by atoms with Crippen LogP contribution >= 0.6 is 0 Å². The molecule has 3 fully saturated rings. The Balaban J connectivity index is 2.65. The lowest BCUT2D eigenvalue weighted by molar-refractivity contribution is -0.186. The van der Waals surface area contributed by atoms with Crippen LogP contribution in [0.5, 0.6) is 0 Å². The van der Waals surface area contributed by atoms with Crippen molar-refractivity contribution in [3.8, 4) is 0 Å². The van der Waals surface area contributed by atoms with Gasteiger partial charge in [0.1, 0.15) is 0 Å². The molecule has 3 aliphatic rings. The van der Waals surface area contributed by atoms with E-state index in [1.165, 1.54) is 47.3 Å². The smallest absolute Gasteiger partial charge is 0.340 e. The molecule has 0 radical (unpaired) electrons. The minimum absolute atomic E-state index is 0.0155. The molecule has 50 heavy (non-hydrogen) atoms. The molecule has 0 aromatic heterocycles. The van der Waals surface area contributed by atoms with E-state index in [9.17, 15) is 55.1 Å². The van der Waals surface area contributed by atoms with E-state index < -0.39 is 62.2 Å². The lowest BCUT2D eigenvalue weighted by Gasteiger charge is -2.36. The summed E-state index contributed by atoms with van der Waals surface area (Å²) in [5.41, 5.74) is 0. The zero-order chi connectivity index (χ0) is 37.8. The van der Waals surface area contributed by atoms with Crippen LogP contribution in [0.2, 0.25) is 0 Å². The van der Waals surface area contributed by atoms with Gasteiger partial charge in [-0.05, 0) is 0 Å². The van der Waals surface area contributed by atoms with Crippen molar-refractivity contribution in [2.75, 3.05) is 118 Å². The maximum atomic E-state index is 13.7. The van der Waals surface area contributed by atoms with E-state index in [0.717, 1.165) is 0 Å². The Hall–Kier alpha value is -3.68. The van der Waals surface area contributed by atoms with E-state index in [-0.39, 0.29) is 103 Å². The number of hydrogen-bond donors (Lipinski definition) is 0. The third kappa shape index (κ3) is 13.9. The van der Waals surface area contributed by atoms with Gasteiger partial charge >= 0.3 is 24.2 Å². The van der Waals surface area contributed by atoms with Crippen LogP contribution in [0.15, 0.2) is 0 Å². The van der Waals surface area contributed by atoms with E-state index in [1.807, 2.05) is 0 Å². The van der Waals surface area contributed by atoms with Gasteiger partial charge in [0, 0.05) is 146 Å². The van der Waals surface area contributed by atoms with Gasteiger partial charge in [-0.2, -0.15) is 26.3 Å². The number of alkyl halides is 6. The van der Waals surface area contributed by atoms with Crippen LogP contribution in [0.1, 0.15) is 27.7 Å². The van der Waals surface area contributed by atoms with E-state index in [4.69, 9.17) is 0 Å². The van der Waals surface area contributed by atoms with Crippen LogP contribution in [-0.2, 0) is 28.8 Å². The second kappa shape index (κ2) is 19.1. The fourth-order valence-corrected chi connectivity index (χ4v) is 5.66. The van der Waals surface area contributed by atoms with E-state index in [1.54, 1.807) is 9.80 Å². The number of amides is 6. The van der Waals surface area contributed by atoms with Crippen molar-refractivity contribution in [3.63, 3.8) is 0 Å². The Kier molecular flexibility index (Phi) is 16.2. The first kappa shape index (κ1) is 42.5. The van der Waals surface area contributed by atoms with Crippen LogP contribution in [0, 0.1) is 0 Å². The van der Waals surface area contributed by atoms with Gasteiger partial charge in [0.25, 0.3) is 0 Å². The lowest BCUT2D eigenvalue weighted by atomic mass is 10.3. The highest BCUT2D eigenvalue weighted by Crippen LogP contribution is 2.20. The highest BCUT2D eigenvalue weighted by Gasteiger charge is 2.44. The molecule has 3 saturated heterocycles. The summed E-state index contributed by atoms with van der Waals surface area (Å²) in [4.78, 5) is 85.0. The van der Waals surface area contributed by atoms with Gasteiger partial charge in [-0.25, -0.2) is 0 Å².